The van der Waals surface area contributed by atoms with Gasteiger partial charge < -0.3 is 10.0 Å². The number of aliphatic hydroxyl groups is 1. The summed E-state index contributed by atoms with van der Waals surface area (Å²) >= 11 is 12.7. The van der Waals surface area contributed by atoms with Crippen molar-refractivity contribution in [1.82, 2.24) is 19.4 Å². The topological polar surface area (TPSA) is 105 Å². The monoisotopic (exact) mass is 620 g/mol. The van der Waals surface area contributed by atoms with E-state index in [2.05, 4.69) is 4.98 Å². The number of nitrogens with zero attached hydrogens (tertiary/aromatic N) is 4. The fourth-order valence-electron chi connectivity index (χ4n) is 6.30. The summed E-state index contributed by atoms with van der Waals surface area (Å²) in [7, 11) is 0. The number of likely N-dealkylation sites (tertiary alicyclic amines) is 1. The largest absolute Gasteiger partial charge is 0.388 e. The SMILES string of the molecule is O=C(CCCCC(=O)N1CCC(O)(Cn2cnc3cc(Cl)ccc3c2=O)CC1)c1ccc2c(Cl)c3c(nc2c1)CCCC3. The molecule has 0 bridgehead atoms. The van der Waals surface area contributed by atoms with E-state index in [9.17, 15) is 19.5 Å². The molecule has 1 aliphatic carbocycles. The highest BCUT2D eigenvalue weighted by molar-refractivity contribution is 6.36. The van der Waals surface area contributed by atoms with Crippen molar-refractivity contribution in [2.45, 2.75) is 76.4 Å². The zero-order valence-electron chi connectivity index (χ0n) is 24.0. The molecule has 0 unspecified atom stereocenters. The van der Waals surface area contributed by atoms with E-state index in [0.29, 0.717) is 73.1 Å². The van der Waals surface area contributed by atoms with E-state index >= 15 is 0 Å². The summed E-state index contributed by atoms with van der Waals surface area (Å²) in [6.45, 7) is 0.937. The van der Waals surface area contributed by atoms with Crippen LogP contribution < -0.4 is 5.56 Å². The number of rotatable bonds is 8. The Bertz CT molecular complexity index is 1780. The summed E-state index contributed by atoms with van der Waals surface area (Å²) in [4.78, 5) is 49.6. The van der Waals surface area contributed by atoms with E-state index in [-0.39, 0.29) is 23.8 Å². The molecular weight excluding hydrogens is 587 g/mol. The average Bonchev–Trinajstić information content (AvgIpc) is 3.00. The van der Waals surface area contributed by atoms with Gasteiger partial charge in [0.05, 0.1) is 39.9 Å². The molecule has 43 heavy (non-hydrogen) atoms. The molecule has 0 atom stereocenters. The van der Waals surface area contributed by atoms with Crippen molar-refractivity contribution in [3.8, 4) is 0 Å². The van der Waals surface area contributed by atoms with Crippen molar-refractivity contribution in [2.75, 3.05) is 13.1 Å². The van der Waals surface area contributed by atoms with Crippen LogP contribution in [0.5, 0.6) is 0 Å². The van der Waals surface area contributed by atoms with Gasteiger partial charge >= 0.3 is 0 Å². The number of ketones is 1. The third-order valence-electron chi connectivity index (χ3n) is 8.86. The summed E-state index contributed by atoms with van der Waals surface area (Å²) in [5.74, 6) is 0.0554. The van der Waals surface area contributed by atoms with Crippen LogP contribution in [0, 0.1) is 0 Å². The predicted molar refractivity (Wildman–Crippen MR) is 168 cm³/mol. The zero-order valence-corrected chi connectivity index (χ0v) is 25.5. The van der Waals surface area contributed by atoms with Crippen molar-refractivity contribution in [3.05, 3.63) is 79.9 Å². The number of pyridine rings is 1. The number of aryl methyl sites for hydroxylation is 1. The third kappa shape index (κ3) is 6.33. The highest BCUT2D eigenvalue weighted by Gasteiger charge is 2.34. The van der Waals surface area contributed by atoms with Gasteiger partial charge in [-0.3, -0.25) is 23.9 Å². The Morgan fingerprint density at radius 3 is 2.49 bits per heavy atom. The number of hydrogen-bond acceptors (Lipinski definition) is 6. The Kier molecular flexibility index (Phi) is 8.54. The first-order chi connectivity index (χ1) is 20.7. The van der Waals surface area contributed by atoms with Crippen LogP contribution in [0.2, 0.25) is 10.0 Å². The average molecular weight is 622 g/mol. The predicted octanol–water partition coefficient (Wildman–Crippen LogP) is 5.93. The maximum atomic E-state index is 12.9. The van der Waals surface area contributed by atoms with Crippen LogP contribution in [0.15, 0.2) is 47.5 Å². The maximum Gasteiger partial charge on any atom is 0.261 e. The molecule has 1 fully saturated rings. The van der Waals surface area contributed by atoms with Crippen molar-refractivity contribution in [2.24, 2.45) is 0 Å². The van der Waals surface area contributed by atoms with Gasteiger partial charge in [-0.05, 0) is 81.2 Å². The first-order valence-corrected chi connectivity index (χ1v) is 15.8. The lowest BCUT2D eigenvalue weighted by atomic mass is 9.91. The first-order valence-electron chi connectivity index (χ1n) is 15.0. The number of halogens is 2. The van der Waals surface area contributed by atoms with E-state index < -0.39 is 5.60 Å². The fraction of sp³-hybridized carbons (Fsp3) is 0.424. The molecule has 0 spiro atoms. The number of carbonyl (C=O) groups excluding carboxylic acids is 2. The standard InChI is InChI=1S/C33H34Cl2N4O4/c34-22-10-12-25-27(18-22)36-20-39(32(25)42)19-33(43)13-15-38(16-14-33)30(41)8-4-3-7-29(40)21-9-11-24-28(17-21)37-26-6-2-1-5-23(26)31(24)35/h9-12,17-18,20,43H,1-8,13-16,19H2. The molecular formula is C33H34Cl2N4O4. The molecule has 1 saturated heterocycles. The van der Waals surface area contributed by atoms with Gasteiger partial charge in [0.25, 0.3) is 5.56 Å². The Labute approximate surface area is 259 Å². The van der Waals surface area contributed by atoms with Gasteiger partial charge in [-0.1, -0.05) is 35.3 Å². The van der Waals surface area contributed by atoms with Crippen LogP contribution in [0.25, 0.3) is 21.8 Å². The fourth-order valence-corrected chi connectivity index (χ4v) is 6.83. The van der Waals surface area contributed by atoms with E-state index in [4.69, 9.17) is 28.2 Å². The lowest BCUT2D eigenvalue weighted by Crippen LogP contribution is -2.49. The molecule has 6 rings (SSSR count). The number of fused-ring (bicyclic) bond motifs is 3. The molecule has 2 aromatic heterocycles. The van der Waals surface area contributed by atoms with Crippen LogP contribution >= 0.6 is 23.2 Å². The van der Waals surface area contributed by atoms with Gasteiger partial charge in [-0.2, -0.15) is 0 Å². The number of hydrogen-bond donors (Lipinski definition) is 1. The Balaban J connectivity index is 0.980. The Hall–Kier alpha value is -3.33. The van der Waals surface area contributed by atoms with Gasteiger partial charge in [-0.15, -0.1) is 0 Å². The van der Waals surface area contributed by atoms with E-state index in [1.165, 1.54) is 10.9 Å². The first kappa shape index (κ1) is 29.7. The second kappa shape index (κ2) is 12.3. The molecule has 0 saturated carbocycles. The molecule has 1 aliphatic heterocycles. The van der Waals surface area contributed by atoms with Gasteiger partial charge in [0.1, 0.15) is 0 Å². The van der Waals surface area contributed by atoms with Crippen molar-refractivity contribution in [1.29, 1.82) is 0 Å². The highest BCUT2D eigenvalue weighted by atomic mass is 35.5. The smallest absolute Gasteiger partial charge is 0.261 e. The molecule has 224 valence electrons. The maximum absolute atomic E-state index is 12.9. The minimum absolute atomic E-state index is 0.0187. The van der Waals surface area contributed by atoms with Crippen LogP contribution in [0.4, 0.5) is 0 Å². The molecule has 2 aliphatic rings. The summed E-state index contributed by atoms with van der Waals surface area (Å²) in [6, 6.07) is 10.5. The number of benzene rings is 2. The lowest BCUT2D eigenvalue weighted by Gasteiger charge is -2.38. The van der Waals surface area contributed by atoms with Crippen molar-refractivity contribution >= 4 is 56.7 Å². The minimum Gasteiger partial charge on any atom is -0.388 e. The summed E-state index contributed by atoms with van der Waals surface area (Å²) in [6.07, 6.45) is 8.22. The number of unbranched alkanes of at least 4 members (excludes halogenated alkanes) is 1. The van der Waals surface area contributed by atoms with Crippen LogP contribution in [-0.2, 0) is 24.2 Å². The van der Waals surface area contributed by atoms with Crippen molar-refractivity contribution in [3.63, 3.8) is 0 Å². The van der Waals surface area contributed by atoms with Crippen molar-refractivity contribution < 1.29 is 14.7 Å². The van der Waals surface area contributed by atoms with Crippen LogP contribution in [-0.4, -0.2) is 54.9 Å². The quantitative estimate of drug-likeness (QED) is 0.193. The molecule has 2 aromatic carbocycles. The second-order valence-electron chi connectivity index (χ2n) is 11.9. The van der Waals surface area contributed by atoms with E-state index in [0.717, 1.165) is 52.9 Å². The number of carbonyl (C=O) groups is 2. The van der Waals surface area contributed by atoms with Gasteiger partial charge in [-0.25, -0.2) is 4.98 Å². The third-order valence-corrected chi connectivity index (χ3v) is 9.53. The van der Waals surface area contributed by atoms with E-state index in [1.54, 1.807) is 23.1 Å². The molecule has 10 heteroatoms. The zero-order chi connectivity index (χ0) is 30.1. The second-order valence-corrected chi connectivity index (χ2v) is 12.7. The van der Waals surface area contributed by atoms with Crippen LogP contribution in [0.1, 0.15) is 73.0 Å². The molecule has 8 nitrogen and oxygen atoms in total. The number of aromatic nitrogens is 3. The highest BCUT2D eigenvalue weighted by Crippen LogP contribution is 2.33. The molecule has 1 amide bonds. The summed E-state index contributed by atoms with van der Waals surface area (Å²) < 4.78 is 1.43. The molecule has 3 heterocycles. The number of piperidine rings is 1. The van der Waals surface area contributed by atoms with Gasteiger partial charge in [0.15, 0.2) is 5.78 Å². The van der Waals surface area contributed by atoms with Gasteiger partial charge in [0, 0.05) is 47.6 Å². The van der Waals surface area contributed by atoms with Crippen LogP contribution in [0.3, 0.4) is 0 Å². The van der Waals surface area contributed by atoms with Gasteiger partial charge in [0.2, 0.25) is 5.91 Å². The van der Waals surface area contributed by atoms with E-state index in [1.807, 2.05) is 18.2 Å². The molecule has 4 aromatic rings. The summed E-state index contributed by atoms with van der Waals surface area (Å²) in [5.41, 5.74) is 2.76. The normalized spacial score (nSPS) is 16.4. The molecule has 0 radical (unpaired) electrons. The molecule has 1 N–H and O–H groups in total. The number of amides is 1. The number of Topliss-reactive ketones (excluding diaryl/α,β-unsaturated/α-hetero) is 1. The Morgan fingerprint density at radius 2 is 1.67 bits per heavy atom. The summed E-state index contributed by atoms with van der Waals surface area (Å²) in [5, 5.41) is 13.8. The Morgan fingerprint density at radius 1 is 0.930 bits per heavy atom. The lowest BCUT2D eigenvalue weighted by molar-refractivity contribution is -0.136. The minimum atomic E-state index is -1.10.